The first-order valence-electron chi connectivity index (χ1n) is 6.93. The Morgan fingerprint density at radius 2 is 2.14 bits per heavy atom. The van der Waals surface area contributed by atoms with Gasteiger partial charge in [-0.2, -0.15) is 0 Å². The van der Waals surface area contributed by atoms with Gasteiger partial charge in [-0.05, 0) is 42.3 Å². The first kappa shape index (κ1) is 14.1. The SMILES string of the molecule is Cc1ccc(NC(=O)CSCc2nnnn2C2CC2)cc1. The van der Waals surface area contributed by atoms with Gasteiger partial charge in [-0.3, -0.25) is 4.79 Å². The zero-order valence-electron chi connectivity index (χ0n) is 11.8. The number of hydrogen-bond donors (Lipinski definition) is 1. The van der Waals surface area contributed by atoms with Gasteiger partial charge in [0.2, 0.25) is 5.91 Å². The number of carbonyl (C=O) groups is 1. The molecule has 1 fully saturated rings. The molecule has 3 rings (SSSR count). The summed E-state index contributed by atoms with van der Waals surface area (Å²) in [5.74, 6) is 1.90. The van der Waals surface area contributed by atoms with E-state index in [1.165, 1.54) is 17.3 Å². The van der Waals surface area contributed by atoms with Crippen LogP contribution in [0.2, 0.25) is 0 Å². The molecule has 1 saturated carbocycles. The number of aromatic nitrogens is 4. The van der Waals surface area contributed by atoms with Crippen LogP contribution in [0, 0.1) is 6.92 Å². The van der Waals surface area contributed by atoms with Crippen molar-refractivity contribution in [2.45, 2.75) is 31.6 Å². The van der Waals surface area contributed by atoms with Crippen LogP contribution in [0.4, 0.5) is 5.69 Å². The Kier molecular flexibility index (Phi) is 4.19. The lowest BCUT2D eigenvalue weighted by Gasteiger charge is -2.05. The smallest absolute Gasteiger partial charge is 0.234 e. The molecule has 1 N–H and O–H groups in total. The largest absolute Gasteiger partial charge is 0.325 e. The van der Waals surface area contributed by atoms with E-state index in [-0.39, 0.29) is 5.91 Å². The van der Waals surface area contributed by atoms with Crippen molar-refractivity contribution in [1.29, 1.82) is 0 Å². The number of aryl methyl sites for hydroxylation is 1. The zero-order valence-corrected chi connectivity index (χ0v) is 12.6. The number of amides is 1. The molecule has 0 atom stereocenters. The molecule has 1 aliphatic rings. The van der Waals surface area contributed by atoms with Crippen molar-refractivity contribution in [3.05, 3.63) is 35.7 Å². The molecule has 0 spiro atoms. The maximum absolute atomic E-state index is 11.9. The van der Waals surface area contributed by atoms with Gasteiger partial charge < -0.3 is 5.32 Å². The van der Waals surface area contributed by atoms with E-state index in [4.69, 9.17) is 0 Å². The third kappa shape index (κ3) is 3.81. The normalized spacial score (nSPS) is 14.1. The van der Waals surface area contributed by atoms with Crippen LogP contribution >= 0.6 is 11.8 Å². The van der Waals surface area contributed by atoms with E-state index < -0.39 is 0 Å². The van der Waals surface area contributed by atoms with Crippen LogP contribution in [0.25, 0.3) is 0 Å². The number of benzene rings is 1. The van der Waals surface area contributed by atoms with Crippen molar-refractivity contribution in [3.63, 3.8) is 0 Å². The van der Waals surface area contributed by atoms with Gasteiger partial charge in [-0.25, -0.2) is 4.68 Å². The number of thioether (sulfide) groups is 1. The van der Waals surface area contributed by atoms with Crippen molar-refractivity contribution in [2.75, 3.05) is 11.1 Å². The summed E-state index contributed by atoms with van der Waals surface area (Å²) in [5, 5.41) is 14.6. The summed E-state index contributed by atoms with van der Waals surface area (Å²) in [4.78, 5) is 11.9. The van der Waals surface area contributed by atoms with E-state index >= 15 is 0 Å². The number of nitrogens with zero attached hydrogens (tertiary/aromatic N) is 4. The Labute approximate surface area is 127 Å². The highest BCUT2D eigenvalue weighted by atomic mass is 32.2. The number of anilines is 1. The first-order chi connectivity index (χ1) is 10.2. The zero-order chi connectivity index (χ0) is 14.7. The lowest BCUT2D eigenvalue weighted by atomic mass is 10.2. The predicted octanol–water partition coefficient (Wildman–Crippen LogP) is 2.19. The molecule has 0 bridgehead atoms. The summed E-state index contributed by atoms with van der Waals surface area (Å²) in [6.07, 6.45) is 2.30. The quantitative estimate of drug-likeness (QED) is 0.885. The van der Waals surface area contributed by atoms with Crippen LogP contribution in [0.15, 0.2) is 24.3 Å². The molecule has 1 aliphatic carbocycles. The number of hydrogen-bond acceptors (Lipinski definition) is 5. The number of tetrazole rings is 1. The highest BCUT2D eigenvalue weighted by molar-refractivity contribution is 7.99. The monoisotopic (exact) mass is 303 g/mol. The molecule has 2 aromatic rings. The van der Waals surface area contributed by atoms with E-state index in [1.54, 1.807) is 0 Å². The number of rotatable bonds is 6. The summed E-state index contributed by atoms with van der Waals surface area (Å²) < 4.78 is 1.88. The Hall–Kier alpha value is -1.89. The van der Waals surface area contributed by atoms with Crippen molar-refractivity contribution in [1.82, 2.24) is 20.2 Å². The van der Waals surface area contributed by atoms with E-state index in [2.05, 4.69) is 20.8 Å². The average molecular weight is 303 g/mol. The first-order valence-corrected chi connectivity index (χ1v) is 8.09. The summed E-state index contributed by atoms with van der Waals surface area (Å²) >= 11 is 1.53. The molecular formula is C14H17N5OS. The maximum Gasteiger partial charge on any atom is 0.234 e. The lowest BCUT2D eigenvalue weighted by molar-refractivity contribution is -0.113. The third-order valence-electron chi connectivity index (χ3n) is 3.25. The summed E-state index contributed by atoms with van der Waals surface area (Å²) in [5.41, 5.74) is 2.00. The molecule has 0 radical (unpaired) electrons. The molecule has 110 valence electrons. The van der Waals surface area contributed by atoms with Gasteiger partial charge >= 0.3 is 0 Å². The molecule has 21 heavy (non-hydrogen) atoms. The molecule has 0 saturated heterocycles. The van der Waals surface area contributed by atoms with Gasteiger partial charge in [0.15, 0.2) is 5.82 Å². The Morgan fingerprint density at radius 1 is 1.38 bits per heavy atom. The average Bonchev–Trinajstić information content (AvgIpc) is 3.21. The summed E-state index contributed by atoms with van der Waals surface area (Å²) in [7, 11) is 0. The molecule has 7 heteroatoms. The fourth-order valence-electron chi connectivity index (χ4n) is 1.98. The predicted molar refractivity (Wildman–Crippen MR) is 82.1 cm³/mol. The minimum Gasteiger partial charge on any atom is -0.325 e. The Morgan fingerprint density at radius 3 is 2.86 bits per heavy atom. The van der Waals surface area contributed by atoms with Crippen molar-refractivity contribution in [2.24, 2.45) is 0 Å². The number of nitrogens with one attached hydrogen (secondary N) is 1. The van der Waals surface area contributed by atoms with Gasteiger partial charge in [0.25, 0.3) is 0 Å². The second-order valence-corrected chi connectivity index (χ2v) is 6.16. The second kappa shape index (κ2) is 6.26. The van der Waals surface area contributed by atoms with Gasteiger partial charge in [0.1, 0.15) is 0 Å². The van der Waals surface area contributed by atoms with Gasteiger partial charge in [-0.15, -0.1) is 16.9 Å². The van der Waals surface area contributed by atoms with Crippen LogP contribution < -0.4 is 5.32 Å². The summed E-state index contributed by atoms with van der Waals surface area (Å²) in [6, 6.07) is 8.24. The van der Waals surface area contributed by atoms with Crippen LogP contribution in [0.3, 0.4) is 0 Å². The molecule has 1 heterocycles. The molecule has 6 nitrogen and oxygen atoms in total. The van der Waals surface area contributed by atoms with E-state index in [0.717, 1.165) is 24.4 Å². The second-order valence-electron chi connectivity index (χ2n) is 5.18. The third-order valence-corrected chi connectivity index (χ3v) is 4.18. The molecule has 0 unspecified atom stereocenters. The Bertz CT molecular complexity index is 621. The molecule has 1 aromatic carbocycles. The lowest BCUT2D eigenvalue weighted by Crippen LogP contribution is -2.14. The molecular weight excluding hydrogens is 286 g/mol. The Balaban J connectivity index is 1.45. The van der Waals surface area contributed by atoms with Crippen LogP contribution in [-0.2, 0) is 10.5 Å². The highest BCUT2D eigenvalue weighted by Gasteiger charge is 2.27. The van der Waals surface area contributed by atoms with E-state index in [1.807, 2.05) is 35.9 Å². The number of carbonyl (C=O) groups excluding carboxylic acids is 1. The van der Waals surface area contributed by atoms with E-state index in [9.17, 15) is 4.79 Å². The van der Waals surface area contributed by atoms with Crippen molar-refractivity contribution < 1.29 is 4.79 Å². The van der Waals surface area contributed by atoms with E-state index in [0.29, 0.717) is 17.5 Å². The minimum absolute atomic E-state index is 0.00528. The fourth-order valence-corrected chi connectivity index (χ4v) is 2.71. The van der Waals surface area contributed by atoms with Crippen LogP contribution in [0.5, 0.6) is 0 Å². The summed E-state index contributed by atoms with van der Waals surface area (Å²) in [6.45, 7) is 2.02. The van der Waals surface area contributed by atoms with Crippen molar-refractivity contribution >= 4 is 23.4 Å². The van der Waals surface area contributed by atoms with Gasteiger partial charge in [0, 0.05) is 5.69 Å². The standard InChI is InChI=1S/C14H17N5OS/c1-10-2-4-11(5-3-10)15-14(20)9-21-8-13-16-17-18-19(13)12-6-7-12/h2-5,12H,6-9H2,1H3,(H,15,20). The van der Waals surface area contributed by atoms with Gasteiger partial charge in [0.05, 0.1) is 17.5 Å². The van der Waals surface area contributed by atoms with Crippen molar-refractivity contribution in [3.8, 4) is 0 Å². The van der Waals surface area contributed by atoms with Crippen LogP contribution in [-0.4, -0.2) is 31.9 Å². The minimum atomic E-state index is -0.00528. The van der Waals surface area contributed by atoms with Gasteiger partial charge in [-0.1, -0.05) is 17.7 Å². The molecule has 1 aromatic heterocycles. The fraction of sp³-hybridized carbons (Fsp3) is 0.429. The highest BCUT2D eigenvalue weighted by Crippen LogP contribution is 2.34. The molecule has 1 amide bonds. The van der Waals surface area contributed by atoms with Crippen LogP contribution in [0.1, 0.15) is 30.3 Å². The topological polar surface area (TPSA) is 72.7 Å². The molecule has 0 aliphatic heterocycles. The maximum atomic E-state index is 11.9.